The van der Waals surface area contributed by atoms with Crippen molar-refractivity contribution in [1.82, 2.24) is 15.2 Å². The lowest BCUT2D eigenvalue weighted by atomic mass is 9.95. The van der Waals surface area contributed by atoms with Crippen molar-refractivity contribution in [2.45, 2.75) is 46.1 Å². The highest BCUT2D eigenvalue weighted by atomic mass is 35.5. The highest BCUT2D eigenvalue weighted by Crippen LogP contribution is 2.21. The van der Waals surface area contributed by atoms with Crippen LogP contribution in [0.4, 0.5) is 5.95 Å². The molecule has 1 aromatic heterocycles. The minimum Gasteiger partial charge on any atom is -0.346 e. The fourth-order valence-corrected chi connectivity index (χ4v) is 1.84. The molecule has 4 nitrogen and oxygen atoms in total. The van der Waals surface area contributed by atoms with Crippen LogP contribution in [-0.2, 0) is 0 Å². The summed E-state index contributed by atoms with van der Waals surface area (Å²) in [5.74, 6) is 1.10. The molecule has 0 saturated carbocycles. The van der Waals surface area contributed by atoms with Gasteiger partial charge < -0.3 is 5.32 Å². The first-order valence-corrected chi connectivity index (χ1v) is 6.12. The molecular weight excluding hydrogens is 224 g/mol. The Kier molecular flexibility index (Phi) is 4.47. The van der Waals surface area contributed by atoms with Gasteiger partial charge in [0.25, 0.3) is 0 Å². The Morgan fingerprint density at radius 2 is 1.75 bits per heavy atom. The third-order valence-corrected chi connectivity index (χ3v) is 3.59. The average Bonchev–Trinajstić information content (AvgIpc) is 2.31. The third-order valence-electron chi connectivity index (χ3n) is 3.08. The number of aryl methyl sites for hydroxylation is 2. The van der Waals surface area contributed by atoms with E-state index in [1.54, 1.807) is 0 Å². The van der Waals surface area contributed by atoms with Crippen LogP contribution in [0.5, 0.6) is 0 Å². The number of anilines is 1. The van der Waals surface area contributed by atoms with Crippen LogP contribution in [-0.4, -0.2) is 26.6 Å². The zero-order chi connectivity index (χ0) is 12.2. The molecule has 0 aromatic carbocycles. The van der Waals surface area contributed by atoms with Crippen LogP contribution in [0.2, 0.25) is 0 Å². The van der Waals surface area contributed by atoms with Gasteiger partial charge in [-0.3, -0.25) is 0 Å². The largest absolute Gasteiger partial charge is 0.346 e. The number of alkyl halides is 1. The number of hydrogen-bond acceptors (Lipinski definition) is 4. The summed E-state index contributed by atoms with van der Waals surface area (Å²) < 4.78 is 0. The van der Waals surface area contributed by atoms with Crippen LogP contribution in [0.3, 0.4) is 0 Å². The van der Waals surface area contributed by atoms with Gasteiger partial charge in [0.05, 0.1) is 16.9 Å². The Hall–Kier alpha value is -0.900. The second kappa shape index (κ2) is 5.43. The lowest BCUT2D eigenvalue weighted by molar-refractivity contribution is 0.479. The molecule has 1 rings (SSSR count). The Bertz CT molecular complexity index is 342. The summed E-state index contributed by atoms with van der Waals surface area (Å²) in [6, 6.07) is 0. The van der Waals surface area contributed by atoms with E-state index in [0.717, 1.165) is 24.2 Å². The minimum atomic E-state index is -0.134. The summed E-state index contributed by atoms with van der Waals surface area (Å²) >= 11 is 6.01. The molecule has 1 aromatic rings. The lowest BCUT2D eigenvalue weighted by Crippen LogP contribution is -2.39. The molecule has 0 fully saturated rings. The van der Waals surface area contributed by atoms with E-state index in [2.05, 4.69) is 34.3 Å². The van der Waals surface area contributed by atoms with Crippen LogP contribution in [0, 0.1) is 13.8 Å². The molecule has 0 aliphatic heterocycles. The maximum Gasteiger partial charge on any atom is 0.243 e. The fourth-order valence-electron chi connectivity index (χ4n) is 1.40. The summed E-state index contributed by atoms with van der Waals surface area (Å²) in [6.07, 6.45) is 1.87. The lowest BCUT2D eigenvalue weighted by Gasteiger charge is -2.30. The molecule has 0 spiro atoms. The first kappa shape index (κ1) is 13.2. The van der Waals surface area contributed by atoms with Gasteiger partial charge in [0.2, 0.25) is 5.95 Å². The molecule has 0 radical (unpaired) electrons. The standard InChI is InChI=1S/C11H19ClN4/c1-5-11(6-2,7-12)14-10-13-8(3)9(4)15-16-10/h5-7H2,1-4H3,(H,13,14,16). The highest BCUT2D eigenvalue weighted by Gasteiger charge is 2.25. The molecule has 1 heterocycles. The van der Waals surface area contributed by atoms with Crippen molar-refractivity contribution in [1.29, 1.82) is 0 Å². The SMILES string of the molecule is CCC(CC)(CCl)Nc1nnc(C)c(C)n1. The Morgan fingerprint density at radius 3 is 2.19 bits per heavy atom. The number of rotatable bonds is 5. The van der Waals surface area contributed by atoms with Gasteiger partial charge in [0.1, 0.15) is 0 Å². The van der Waals surface area contributed by atoms with Crippen molar-refractivity contribution < 1.29 is 0 Å². The fraction of sp³-hybridized carbons (Fsp3) is 0.727. The summed E-state index contributed by atoms with van der Waals surface area (Å²) in [7, 11) is 0. The molecule has 0 aliphatic carbocycles. The third kappa shape index (κ3) is 2.82. The van der Waals surface area contributed by atoms with E-state index in [0.29, 0.717) is 11.8 Å². The monoisotopic (exact) mass is 242 g/mol. The number of halogens is 1. The normalized spacial score (nSPS) is 11.6. The van der Waals surface area contributed by atoms with Gasteiger partial charge in [-0.15, -0.1) is 16.7 Å². The molecule has 0 amide bonds. The van der Waals surface area contributed by atoms with Crippen LogP contribution < -0.4 is 5.32 Å². The molecule has 0 unspecified atom stereocenters. The molecule has 0 bridgehead atoms. The molecular formula is C11H19ClN4. The van der Waals surface area contributed by atoms with Gasteiger partial charge in [-0.2, -0.15) is 5.10 Å². The molecule has 5 heteroatoms. The van der Waals surface area contributed by atoms with Gasteiger partial charge in [0.15, 0.2) is 0 Å². The van der Waals surface area contributed by atoms with Gasteiger partial charge in [0, 0.05) is 5.88 Å². The molecule has 16 heavy (non-hydrogen) atoms. The highest BCUT2D eigenvalue weighted by molar-refractivity contribution is 6.18. The Morgan fingerprint density at radius 1 is 1.12 bits per heavy atom. The smallest absolute Gasteiger partial charge is 0.243 e. The molecule has 1 N–H and O–H groups in total. The van der Waals surface area contributed by atoms with Crippen molar-refractivity contribution in [3.05, 3.63) is 11.4 Å². The zero-order valence-corrected chi connectivity index (χ0v) is 11.1. The van der Waals surface area contributed by atoms with Crippen molar-refractivity contribution in [2.24, 2.45) is 0 Å². The second-order valence-electron chi connectivity index (χ2n) is 4.05. The van der Waals surface area contributed by atoms with Crippen LogP contribution >= 0.6 is 11.6 Å². The quantitative estimate of drug-likeness (QED) is 0.807. The van der Waals surface area contributed by atoms with E-state index in [1.165, 1.54) is 0 Å². The number of aromatic nitrogens is 3. The van der Waals surface area contributed by atoms with Crippen molar-refractivity contribution in [3.63, 3.8) is 0 Å². The van der Waals surface area contributed by atoms with Gasteiger partial charge in [-0.1, -0.05) is 13.8 Å². The van der Waals surface area contributed by atoms with Crippen LogP contribution in [0.15, 0.2) is 0 Å². The van der Waals surface area contributed by atoms with E-state index in [-0.39, 0.29) is 5.54 Å². The number of hydrogen-bond donors (Lipinski definition) is 1. The van der Waals surface area contributed by atoms with Crippen LogP contribution in [0.1, 0.15) is 38.1 Å². The summed E-state index contributed by atoms with van der Waals surface area (Å²) in [5, 5.41) is 11.4. The first-order valence-electron chi connectivity index (χ1n) is 5.59. The second-order valence-corrected chi connectivity index (χ2v) is 4.32. The van der Waals surface area contributed by atoms with Gasteiger partial charge in [-0.05, 0) is 26.7 Å². The van der Waals surface area contributed by atoms with E-state index >= 15 is 0 Å². The van der Waals surface area contributed by atoms with E-state index in [4.69, 9.17) is 11.6 Å². The van der Waals surface area contributed by atoms with Crippen LogP contribution in [0.25, 0.3) is 0 Å². The van der Waals surface area contributed by atoms with E-state index in [9.17, 15) is 0 Å². The molecule has 90 valence electrons. The molecule has 0 atom stereocenters. The summed E-state index contributed by atoms with van der Waals surface area (Å²) in [6.45, 7) is 8.03. The molecule has 0 aliphatic rings. The average molecular weight is 243 g/mol. The van der Waals surface area contributed by atoms with Crippen molar-refractivity contribution in [2.75, 3.05) is 11.2 Å². The van der Waals surface area contributed by atoms with Crippen molar-refractivity contribution in [3.8, 4) is 0 Å². The number of nitrogens with one attached hydrogen (secondary N) is 1. The Balaban J connectivity index is 2.89. The zero-order valence-electron chi connectivity index (χ0n) is 10.3. The number of nitrogens with zero attached hydrogens (tertiary/aromatic N) is 3. The molecule has 0 saturated heterocycles. The predicted molar refractivity (Wildman–Crippen MR) is 67.0 cm³/mol. The maximum absolute atomic E-state index is 6.01. The van der Waals surface area contributed by atoms with E-state index < -0.39 is 0 Å². The predicted octanol–water partition coefficient (Wildman–Crippen LogP) is 2.70. The Labute approximate surface area is 102 Å². The van der Waals surface area contributed by atoms with Gasteiger partial charge >= 0.3 is 0 Å². The minimum absolute atomic E-state index is 0.134. The van der Waals surface area contributed by atoms with E-state index in [1.807, 2.05) is 13.8 Å². The topological polar surface area (TPSA) is 50.7 Å². The first-order chi connectivity index (χ1) is 7.56. The maximum atomic E-state index is 6.01. The summed E-state index contributed by atoms with van der Waals surface area (Å²) in [4.78, 5) is 4.36. The van der Waals surface area contributed by atoms with Crippen molar-refractivity contribution >= 4 is 17.5 Å². The van der Waals surface area contributed by atoms with Gasteiger partial charge in [-0.25, -0.2) is 4.98 Å². The summed E-state index contributed by atoms with van der Waals surface area (Å²) in [5.41, 5.74) is 1.62.